The second kappa shape index (κ2) is 8.31. The molecule has 0 fully saturated rings. The highest BCUT2D eigenvalue weighted by Gasteiger charge is 2.13. The maximum absolute atomic E-state index is 11.6. The van der Waals surface area contributed by atoms with Crippen LogP contribution in [0.4, 0.5) is 4.79 Å². The smallest absolute Gasteiger partial charge is 0.321 e. The molecule has 6 nitrogen and oxygen atoms in total. The van der Waals surface area contributed by atoms with Gasteiger partial charge in [0, 0.05) is 13.5 Å². The lowest BCUT2D eigenvalue weighted by atomic mass is 9.86. The van der Waals surface area contributed by atoms with E-state index < -0.39 is 24.5 Å². The molecule has 0 bridgehead atoms. The van der Waals surface area contributed by atoms with Crippen LogP contribution in [0, 0.1) is 0 Å². The molecule has 0 heterocycles. The van der Waals surface area contributed by atoms with Gasteiger partial charge in [-0.2, -0.15) is 0 Å². The molecular formula is C17H24N2O4. The zero-order valence-electron chi connectivity index (χ0n) is 14.1. The van der Waals surface area contributed by atoms with Crippen molar-refractivity contribution < 1.29 is 19.1 Å². The van der Waals surface area contributed by atoms with Gasteiger partial charge in [-0.05, 0) is 23.0 Å². The molecule has 0 atom stereocenters. The molecule has 0 unspecified atom stereocenters. The highest BCUT2D eigenvalue weighted by molar-refractivity contribution is 5.95. The molecule has 0 radical (unpaired) electrons. The molecule has 0 saturated heterocycles. The number of carbonyl (C=O) groups excluding carboxylic acids is 3. The Kier molecular flexibility index (Phi) is 6.75. The SMILES string of the molecule is CNC(=O)NC(=O)COC(=O)CCc1ccc(C(C)(C)C)cc1. The molecule has 0 spiro atoms. The Bertz CT molecular complexity index is 559. The third-order valence-electron chi connectivity index (χ3n) is 3.28. The Labute approximate surface area is 136 Å². The Morgan fingerprint density at radius 1 is 1.09 bits per heavy atom. The van der Waals surface area contributed by atoms with Crippen molar-refractivity contribution in [3.05, 3.63) is 35.4 Å². The normalized spacial score (nSPS) is 10.8. The molecule has 0 aromatic heterocycles. The van der Waals surface area contributed by atoms with Crippen LogP contribution >= 0.6 is 0 Å². The number of esters is 1. The highest BCUT2D eigenvalue weighted by atomic mass is 16.5. The molecule has 6 heteroatoms. The van der Waals surface area contributed by atoms with Crippen molar-refractivity contribution in [2.24, 2.45) is 0 Å². The summed E-state index contributed by atoms with van der Waals surface area (Å²) in [5.74, 6) is -1.14. The summed E-state index contributed by atoms with van der Waals surface area (Å²) in [6.45, 7) is 5.96. The average molecular weight is 320 g/mol. The maximum Gasteiger partial charge on any atom is 0.321 e. The number of hydrogen-bond acceptors (Lipinski definition) is 4. The zero-order valence-corrected chi connectivity index (χ0v) is 14.1. The van der Waals surface area contributed by atoms with E-state index in [0.29, 0.717) is 6.42 Å². The fourth-order valence-electron chi connectivity index (χ4n) is 1.86. The van der Waals surface area contributed by atoms with Crippen LogP contribution in [-0.4, -0.2) is 31.6 Å². The van der Waals surface area contributed by atoms with E-state index in [0.717, 1.165) is 5.56 Å². The average Bonchev–Trinajstić information content (AvgIpc) is 2.50. The van der Waals surface area contributed by atoms with E-state index in [2.05, 4.69) is 38.2 Å². The molecule has 126 valence electrons. The monoisotopic (exact) mass is 320 g/mol. The number of aryl methyl sites for hydroxylation is 1. The van der Waals surface area contributed by atoms with E-state index in [1.165, 1.54) is 12.6 Å². The fourth-order valence-corrected chi connectivity index (χ4v) is 1.86. The maximum atomic E-state index is 11.6. The summed E-state index contributed by atoms with van der Waals surface area (Å²) in [7, 11) is 1.39. The lowest BCUT2D eigenvalue weighted by Crippen LogP contribution is -2.39. The number of imide groups is 1. The van der Waals surface area contributed by atoms with Gasteiger partial charge in [0.05, 0.1) is 0 Å². The molecule has 3 amide bonds. The van der Waals surface area contributed by atoms with Gasteiger partial charge in [0.2, 0.25) is 0 Å². The minimum atomic E-state index is -0.660. The number of carbonyl (C=O) groups is 3. The van der Waals surface area contributed by atoms with Crippen molar-refractivity contribution in [3.63, 3.8) is 0 Å². The zero-order chi connectivity index (χ0) is 17.5. The first-order valence-corrected chi connectivity index (χ1v) is 7.49. The Morgan fingerprint density at radius 3 is 2.22 bits per heavy atom. The first kappa shape index (κ1) is 18.7. The summed E-state index contributed by atoms with van der Waals surface area (Å²) in [6, 6.07) is 7.46. The van der Waals surface area contributed by atoms with E-state index in [9.17, 15) is 14.4 Å². The summed E-state index contributed by atoms with van der Waals surface area (Å²) in [5.41, 5.74) is 2.36. The van der Waals surface area contributed by atoms with E-state index in [1.54, 1.807) is 0 Å². The largest absolute Gasteiger partial charge is 0.456 e. The number of rotatable bonds is 5. The molecule has 0 aliphatic heterocycles. The second-order valence-electron chi connectivity index (χ2n) is 6.23. The van der Waals surface area contributed by atoms with E-state index in [4.69, 9.17) is 4.74 Å². The topological polar surface area (TPSA) is 84.5 Å². The van der Waals surface area contributed by atoms with Gasteiger partial charge in [-0.3, -0.25) is 14.9 Å². The first-order valence-electron chi connectivity index (χ1n) is 7.49. The number of ether oxygens (including phenoxy) is 1. The van der Waals surface area contributed by atoms with Gasteiger partial charge in [-0.25, -0.2) is 4.79 Å². The predicted octanol–water partition coefficient (Wildman–Crippen LogP) is 1.92. The van der Waals surface area contributed by atoms with Gasteiger partial charge < -0.3 is 10.1 Å². The number of hydrogen-bond donors (Lipinski definition) is 2. The van der Waals surface area contributed by atoms with Crippen molar-refractivity contribution in [1.29, 1.82) is 0 Å². The molecule has 1 aromatic carbocycles. The van der Waals surface area contributed by atoms with Crippen molar-refractivity contribution >= 4 is 17.9 Å². The van der Waals surface area contributed by atoms with Crippen LogP contribution in [0.5, 0.6) is 0 Å². The molecular weight excluding hydrogens is 296 g/mol. The predicted molar refractivity (Wildman–Crippen MR) is 87.0 cm³/mol. The molecule has 0 saturated carbocycles. The number of amides is 3. The number of benzene rings is 1. The molecule has 1 aromatic rings. The third kappa shape index (κ3) is 6.95. The van der Waals surface area contributed by atoms with E-state index in [1.807, 2.05) is 17.4 Å². The van der Waals surface area contributed by atoms with Gasteiger partial charge in [0.1, 0.15) is 0 Å². The van der Waals surface area contributed by atoms with E-state index in [-0.39, 0.29) is 11.8 Å². The molecule has 0 aliphatic rings. The Hall–Kier alpha value is -2.37. The van der Waals surface area contributed by atoms with Crippen LogP contribution < -0.4 is 10.6 Å². The van der Waals surface area contributed by atoms with Crippen molar-refractivity contribution in [1.82, 2.24) is 10.6 Å². The van der Waals surface area contributed by atoms with Crippen LogP contribution in [0.1, 0.15) is 38.3 Å². The number of nitrogens with one attached hydrogen (secondary N) is 2. The summed E-state index contributed by atoms with van der Waals surface area (Å²) < 4.78 is 4.82. The third-order valence-corrected chi connectivity index (χ3v) is 3.28. The van der Waals surface area contributed by atoms with Crippen LogP contribution in [0.15, 0.2) is 24.3 Å². The molecule has 1 rings (SSSR count). The minimum Gasteiger partial charge on any atom is -0.456 e. The standard InChI is InChI=1S/C17H24N2O4/c1-17(2,3)13-8-5-12(6-9-13)7-10-15(21)23-11-14(20)19-16(22)18-4/h5-6,8-9H,7,10-11H2,1-4H3,(H2,18,19,20,22). The summed E-state index contributed by atoms with van der Waals surface area (Å²) in [4.78, 5) is 33.8. The second-order valence-corrected chi connectivity index (χ2v) is 6.23. The molecule has 0 aliphatic carbocycles. The van der Waals surface area contributed by atoms with Gasteiger partial charge in [0.15, 0.2) is 6.61 Å². The molecule has 2 N–H and O–H groups in total. The quantitative estimate of drug-likeness (QED) is 0.812. The fraction of sp³-hybridized carbons (Fsp3) is 0.471. The minimum absolute atomic E-state index is 0.0929. The lowest BCUT2D eigenvalue weighted by molar-refractivity contribution is -0.148. The van der Waals surface area contributed by atoms with Crippen molar-refractivity contribution in [2.45, 2.75) is 39.0 Å². The van der Waals surface area contributed by atoms with Crippen molar-refractivity contribution in [3.8, 4) is 0 Å². The summed E-state index contributed by atoms with van der Waals surface area (Å²) in [6.07, 6.45) is 0.725. The van der Waals surface area contributed by atoms with Gasteiger partial charge in [0.25, 0.3) is 5.91 Å². The number of urea groups is 1. The van der Waals surface area contributed by atoms with Crippen LogP contribution in [0.2, 0.25) is 0 Å². The summed E-state index contributed by atoms with van der Waals surface area (Å²) >= 11 is 0. The van der Waals surface area contributed by atoms with E-state index >= 15 is 0 Å². The lowest BCUT2D eigenvalue weighted by Gasteiger charge is -2.19. The Morgan fingerprint density at radius 2 is 1.70 bits per heavy atom. The molecule has 23 heavy (non-hydrogen) atoms. The van der Waals surface area contributed by atoms with Gasteiger partial charge >= 0.3 is 12.0 Å². The van der Waals surface area contributed by atoms with Crippen LogP contribution in [-0.2, 0) is 26.2 Å². The summed E-state index contributed by atoms with van der Waals surface area (Å²) in [5, 5.41) is 4.25. The van der Waals surface area contributed by atoms with Crippen LogP contribution in [0.3, 0.4) is 0 Å². The highest BCUT2D eigenvalue weighted by Crippen LogP contribution is 2.22. The Balaban J connectivity index is 2.36. The van der Waals surface area contributed by atoms with Crippen molar-refractivity contribution in [2.75, 3.05) is 13.7 Å². The van der Waals surface area contributed by atoms with Gasteiger partial charge in [-0.1, -0.05) is 45.0 Å². The first-order chi connectivity index (χ1) is 10.7. The van der Waals surface area contributed by atoms with Gasteiger partial charge in [-0.15, -0.1) is 0 Å². The van der Waals surface area contributed by atoms with Crippen LogP contribution in [0.25, 0.3) is 0 Å².